The Morgan fingerprint density at radius 2 is 2.25 bits per heavy atom. The molecule has 0 amide bonds. The Hall–Kier alpha value is -1.13. The van der Waals surface area contributed by atoms with E-state index in [4.69, 9.17) is 9.47 Å². The van der Waals surface area contributed by atoms with Gasteiger partial charge in [-0.15, -0.1) is 0 Å². The molecule has 0 spiro atoms. The standard InChI is InChI=1S/C16H24FNO2/c1-12(2)9-18-10-13-6-14(17)8-16(7-13)20-15-4-3-5-19-11-15/h6-8,12,15,18H,3-5,9-11H2,1-2H3. The molecule has 1 aliphatic heterocycles. The Morgan fingerprint density at radius 3 is 2.95 bits per heavy atom. The van der Waals surface area contributed by atoms with Crippen LogP contribution in [-0.4, -0.2) is 25.9 Å². The second-order valence-electron chi connectivity index (χ2n) is 5.78. The minimum Gasteiger partial charge on any atom is -0.488 e. The van der Waals surface area contributed by atoms with E-state index >= 15 is 0 Å². The van der Waals surface area contributed by atoms with Gasteiger partial charge < -0.3 is 14.8 Å². The van der Waals surface area contributed by atoms with Gasteiger partial charge in [0.25, 0.3) is 0 Å². The molecular weight excluding hydrogens is 257 g/mol. The van der Waals surface area contributed by atoms with E-state index in [-0.39, 0.29) is 11.9 Å². The molecule has 2 rings (SSSR count). The molecule has 1 N–H and O–H groups in total. The Morgan fingerprint density at radius 1 is 1.40 bits per heavy atom. The summed E-state index contributed by atoms with van der Waals surface area (Å²) in [7, 11) is 0. The third-order valence-electron chi connectivity index (χ3n) is 3.23. The lowest BCUT2D eigenvalue weighted by molar-refractivity contribution is 0.00728. The summed E-state index contributed by atoms with van der Waals surface area (Å²) in [6.45, 7) is 7.27. The first-order chi connectivity index (χ1) is 9.63. The Bertz CT molecular complexity index is 417. The van der Waals surface area contributed by atoms with E-state index in [9.17, 15) is 4.39 Å². The summed E-state index contributed by atoms with van der Waals surface area (Å²) in [6, 6.07) is 4.91. The third-order valence-corrected chi connectivity index (χ3v) is 3.23. The molecule has 1 atom stereocenters. The van der Waals surface area contributed by atoms with Crippen LogP contribution in [0, 0.1) is 11.7 Å². The maximum absolute atomic E-state index is 13.6. The fourth-order valence-corrected chi connectivity index (χ4v) is 2.29. The predicted octanol–water partition coefficient (Wildman–Crippen LogP) is 3.13. The Kier molecular flexibility index (Phi) is 5.80. The van der Waals surface area contributed by atoms with Crippen LogP contribution in [0.4, 0.5) is 4.39 Å². The van der Waals surface area contributed by atoms with E-state index < -0.39 is 0 Å². The smallest absolute Gasteiger partial charge is 0.127 e. The van der Waals surface area contributed by atoms with E-state index in [0.717, 1.165) is 31.6 Å². The molecule has 20 heavy (non-hydrogen) atoms. The van der Waals surface area contributed by atoms with Crippen molar-refractivity contribution in [3.8, 4) is 5.75 Å². The topological polar surface area (TPSA) is 30.5 Å². The zero-order valence-corrected chi connectivity index (χ0v) is 12.3. The van der Waals surface area contributed by atoms with Crippen LogP contribution < -0.4 is 10.1 Å². The normalized spacial score (nSPS) is 19.3. The molecule has 0 aromatic heterocycles. The van der Waals surface area contributed by atoms with Crippen molar-refractivity contribution in [2.24, 2.45) is 5.92 Å². The molecule has 1 saturated heterocycles. The van der Waals surface area contributed by atoms with Crippen molar-refractivity contribution >= 4 is 0 Å². The van der Waals surface area contributed by atoms with Gasteiger partial charge in [0.15, 0.2) is 0 Å². The maximum atomic E-state index is 13.6. The lowest BCUT2D eigenvalue weighted by Gasteiger charge is -2.23. The van der Waals surface area contributed by atoms with Gasteiger partial charge in [0.1, 0.15) is 17.7 Å². The van der Waals surface area contributed by atoms with Gasteiger partial charge in [0.05, 0.1) is 6.61 Å². The molecule has 4 heteroatoms. The van der Waals surface area contributed by atoms with Gasteiger partial charge in [-0.3, -0.25) is 0 Å². The minimum atomic E-state index is -0.249. The molecule has 1 aromatic carbocycles. The summed E-state index contributed by atoms with van der Waals surface area (Å²) in [6.07, 6.45) is 2.02. The number of hydrogen-bond acceptors (Lipinski definition) is 3. The van der Waals surface area contributed by atoms with E-state index in [1.807, 2.05) is 6.07 Å². The van der Waals surface area contributed by atoms with Gasteiger partial charge >= 0.3 is 0 Å². The number of rotatable bonds is 6. The van der Waals surface area contributed by atoms with Crippen molar-refractivity contribution < 1.29 is 13.9 Å². The number of halogens is 1. The second-order valence-corrected chi connectivity index (χ2v) is 5.78. The van der Waals surface area contributed by atoms with Gasteiger partial charge in [0, 0.05) is 19.2 Å². The molecule has 0 saturated carbocycles. The van der Waals surface area contributed by atoms with Gasteiger partial charge in [-0.1, -0.05) is 13.8 Å². The number of ether oxygens (including phenoxy) is 2. The Balaban J connectivity index is 1.93. The SMILES string of the molecule is CC(C)CNCc1cc(F)cc(OC2CCCOC2)c1. The molecule has 0 radical (unpaired) electrons. The van der Waals surface area contributed by atoms with E-state index in [1.54, 1.807) is 6.07 Å². The minimum absolute atomic E-state index is 0.0435. The molecule has 1 unspecified atom stereocenters. The lowest BCUT2D eigenvalue weighted by atomic mass is 10.1. The van der Waals surface area contributed by atoms with Crippen LogP contribution in [-0.2, 0) is 11.3 Å². The van der Waals surface area contributed by atoms with Gasteiger partial charge in [-0.25, -0.2) is 4.39 Å². The molecule has 0 aliphatic carbocycles. The lowest BCUT2D eigenvalue weighted by Crippen LogP contribution is -2.28. The van der Waals surface area contributed by atoms with E-state index in [2.05, 4.69) is 19.2 Å². The molecule has 3 nitrogen and oxygen atoms in total. The van der Waals surface area contributed by atoms with Gasteiger partial charge in [0.2, 0.25) is 0 Å². The molecule has 1 fully saturated rings. The van der Waals surface area contributed by atoms with Crippen molar-refractivity contribution in [2.45, 2.75) is 39.3 Å². The summed E-state index contributed by atoms with van der Waals surface area (Å²) < 4.78 is 24.8. The quantitative estimate of drug-likeness (QED) is 0.869. The first kappa shape index (κ1) is 15.3. The van der Waals surface area contributed by atoms with Gasteiger partial charge in [-0.05, 0) is 43.0 Å². The van der Waals surface area contributed by atoms with Crippen molar-refractivity contribution in [2.75, 3.05) is 19.8 Å². The van der Waals surface area contributed by atoms with Crippen molar-refractivity contribution in [3.05, 3.63) is 29.6 Å². The van der Waals surface area contributed by atoms with Crippen molar-refractivity contribution in [3.63, 3.8) is 0 Å². The van der Waals surface area contributed by atoms with Crippen LogP contribution in [0.5, 0.6) is 5.75 Å². The summed E-state index contributed by atoms with van der Waals surface area (Å²) in [5.41, 5.74) is 0.914. The first-order valence-corrected chi connectivity index (χ1v) is 7.38. The van der Waals surface area contributed by atoms with Gasteiger partial charge in [-0.2, -0.15) is 0 Å². The van der Waals surface area contributed by atoms with Crippen LogP contribution in [0.3, 0.4) is 0 Å². The van der Waals surface area contributed by atoms with Crippen molar-refractivity contribution in [1.82, 2.24) is 5.32 Å². The van der Waals surface area contributed by atoms with Crippen molar-refractivity contribution in [1.29, 1.82) is 0 Å². The zero-order valence-electron chi connectivity index (χ0n) is 12.3. The summed E-state index contributed by atoms with van der Waals surface area (Å²) in [5, 5.41) is 3.31. The second kappa shape index (κ2) is 7.60. The van der Waals surface area contributed by atoms with Crippen LogP contribution in [0.25, 0.3) is 0 Å². The van der Waals surface area contributed by atoms with E-state index in [1.165, 1.54) is 6.07 Å². The summed E-state index contributed by atoms with van der Waals surface area (Å²) in [5.74, 6) is 0.932. The largest absolute Gasteiger partial charge is 0.488 e. The van der Waals surface area contributed by atoms with Crippen LogP contribution in [0.2, 0.25) is 0 Å². The molecule has 112 valence electrons. The predicted molar refractivity (Wildman–Crippen MR) is 77.4 cm³/mol. The highest BCUT2D eigenvalue weighted by Gasteiger charge is 2.16. The highest BCUT2D eigenvalue weighted by molar-refractivity contribution is 5.29. The molecular formula is C16H24FNO2. The summed E-state index contributed by atoms with van der Waals surface area (Å²) >= 11 is 0. The van der Waals surface area contributed by atoms with Crippen LogP contribution in [0.15, 0.2) is 18.2 Å². The average Bonchev–Trinajstić information content (AvgIpc) is 2.38. The fourth-order valence-electron chi connectivity index (χ4n) is 2.29. The summed E-state index contributed by atoms with van der Waals surface area (Å²) in [4.78, 5) is 0. The molecule has 1 aliphatic rings. The fraction of sp³-hybridized carbons (Fsp3) is 0.625. The third kappa shape index (κ3) is 5.10. The number of hydrogen-bond donors (Lipinski definition) is 1. The highest BCUT2D eigenvalue weighted by atomic mass is 19.1. The van der Waals surface area contributed by atoms with Crippen LogP contribution in [0.1, 0.15) is 32.3 Å². The monoisotopic (exact) mass is 281 g/mol. The average molecular weight is 281 g/mol. The molecule has 1 aromatic rings. The van der Waals surface area contributed by atoms with E-state index in [0.29, 0.717) is 24.8 Å². The zero-order chi connectivity index (χ0) is 14.4. The van der Waals surface area contributed by atoms with Crippen LogP contribution >= 0.6 is 0 Å². The highest BCUT2D eigenvalue weighted by Crippen LogP contribution is 2.20. The molecule has 1 heterocycles. The Labute approximate surface area is 120 Å². The number of nitrogens with one attached hydrogen (secondary N) is 1. The molecule has 0 bridgehead atoms. The first-order valence-electron chi connectivity index (χ1n) is 7.38. The number of benzene rings is 1. The maximum Gasteiger partial charge on any atom is 0.127 e.